The molecule has 3 unspecified atom stereocenters. The van der Waals surface area contributed by atoms with Gasteiger partial charge in [0, 0.05) is 27.8 Å². The van der Waals surface area contributed by atoms with Crippen LogP contribution in [0.4, 0.5) is 0 Å². The van der Waals surface area contributed by atoms with Crippen LogP contribution in [0.15, 0.2) is 0 Å². The Kier molecular flexibility index (Phi) is 6.67. The molecule has 3 heteroatoms. The van der Waals surface area contributed by atoms with Crippen LogP contribution in [0.2, 0.25) is 0 Å². The van der Waals surface area contributed by atoms with Crippen molar-refractivity contribution in [1.29, 1.82) is 0 Å². The summed E-state index contributed by atoms with van der Waals surface area (Å²) >= 11 is 0. The Hall–Kier alpha value is 0.110. The van der Waals surface area contributed by atoms with Crippen molar-refractivity contribution >= 4 is 10.8 Å². The molecule has 0 fully saturated rings. The van der Waals surface area contributed by atoms with E-state index in [0.29, 0.717) is 6.04 Å². The van der Waals surface area contributed by atoms with Crippen molar-refractivity contribution in [2.45, 2.75) is 44.9 Å². The van der Waals surface area contributed by atoms with Gasteiger partial charge >= 0.3 is 0 Å². The van der Waals surface area contributed by atoms with Crippen molar-refractivity contribution in [3.8, 4) is 0 Å². The summed E-state index contributed by atoms with van der Waals surface area (Å²) in [6.07, 6.45) is 2.06. The first kappa shape index (κ1) is 12.1. The molecule has 2 nitrogen and oxygen atoms in total. The van der Waals surface area contributed by atoms with E-state index in [4.69, 9.17) is 0 Å². The zero-order valence-corrected chi connectivity index (χ0v) is 9.41. The monoisotopic (exact) mass is 191 g/mol. The van der Waals surface area contributed by atoms with E-state index in [9.17, 15) is 4.21 Å². The summed E-state index contributed by atoms with van der Waals surface area (Å²) in [7, 11) is 1.28. The van der Waals surface area contributed by atoms with Crippen LogP contribution in [-0.4, -0.2) is 28.3 Å². The average Bonchev–Trinajstić information content (AvgIpc) is 2.07. The van der Waals surface area contributed by atoms with E-state index in [1.807, 2.05) is 7.05 Å². The predicted molar refractivity (Wildman–Crippen MR) is 55.9 cm³/mol. The summed E-state index contributed by atoms with van der Waals surface area (Å²) in [5, 5.41) is 3.48. The van der Waals surface area contributed by atoms with Crippen molar-refractivity contribution < 1.29 is 4.21 Å². The van der Waals surface area contributed by atoms with Gasteiger partial charge in [-0.1, -0.05) is 13.8 Å². The van der Waals surface area contributed by atoms with Crippen molar-refractivity contribution in [3.63, 3.8) is 0 Å². The molecule has 0 aliphatic carbocycles. The molecule has 0 rings (SSSR count). The fourth-order valence-electron chi connectivity index (χ4n) is 1.34. The molecule has 0 aliphatic rings. The molecule has 0 aromatic rings. The minimum absolute atomic E-state index is 0.278. The topological polar surface area (TPSA) is 29.1 Å². The third-order valence-corrected chi connectivity index (χ3v) is 4.17. The largest absolute Gasteiger partial charge is 0.316 e. The highest BCUT2D eigenvalue weighted by Gasteiger charge is 2.18. The zero-order chi connectivity index (χ0) is 9.56. The first-order chi connectivity index (χ1) is 5.67. The fraction of sp³-hybridized carbons (Fsp3) is 1.00. The third kappa shape index (κ3) is 3.68. The summed E-state index contributed by atoms with van der Waals surface area (Å²) in [4.78, 5) is 0. The molecule has 0 aromatic carbocycles. The molecule has 0 amide bonds. The molecule has 0 spiro atoms. The van der Waals surface area contributed by atoms with Gasteiger partial charge in [-0.05, 0) is 26.8 Å². The highest BCUT2D eigenvalue weighted by atomic mass is 32.2. The van der Waals surface area contributed by atoms with Crippen LogP contribution >= 0.6 is 0 Å². The molecule has 0 aliphatic heterocycles. The van der Waals surface area contributed by atoms with E-state index in [2.05, 4.69) is 26.1 Å². The minimum atomic E-state index is -0.657. The van der Waals surface area contributed by atoms with Crippen LogP contribution in [0.25, 0.3) is 0 Å². The van der Waals surface area contributed by atoms with Crippen molar-refractivity contribution in [1.82, 2.24) is 5.32 Å². The maximum Gasteiger partial charge on any atom is 0.0472 e. The van der Waals surface area contributed by atoms with Gasteiger partial charge in [-0.15, -0.1) is 0 Å². The maximum absolute atomic E-state index is 11.6. The Morgan fingerprint density at radius 1 is 1.42 bits per heavy atom. The maximum atomic E-state index is 11.6. The van der Waals surface area contributed by atoms with Crippen molar-refractivity contribution in [3.05, 3.63) is 0 Å². The second-order valence-electron chi connectivity index (χ2n) is 3.09. The minimum Gasteiger partial charge on any atom is -0.316 e. The molecule has 0 radical (unpaired) electrons. The van der Waals surface area contributed by atoms with Gasteiger partial charge in [0.15, 0.2) is 0 Å². The summed E-state index contributed by atoms with van der Waals surface area (Å²) in [5.41, 5.74) is 0. The summed E-state index contributed by atoms with van der Waals surface area (Å²) in [6.45, 7) is 6.27. The molecule has 0 saturated heterocycles. The molecule has 3 atom stereocenters. The molecule has 12 heavy (non-hydrogen) atoms. The third-order valence-electron chi connectivity index (χ3n) is 2.20. The number of hydrogen-bond donors (Lipinski definition) is 1. The van der Waals surface area contributed by atoms with Gasteiger partial charge in [0.05, 0.1) is 0 Å². The van der Waals surface area contributed by atoms with E-state index < -0.39 is 10.8 Å². The number of nitrogens with one attached hydrogen (secondary N) is 1. The summed E-state index contributed by atoms with van der Waals surface area (Å²) in [5.74, 6) is 0.833. The molecule has 74 valence electrons. The lowest BCUT2D eigenvalue weighted by molar-refractivity contribution is 0.529. The lowest BCUT2D eigenvalue weighted by Gasteiger charge is -2.21. The molecule has 0 saturated carbocycles. The van der Waals surface area contributed by atoms with Gasteiger partial charge in [0.2, 0.25) is 0 Å². The van der Waals surface area contributed by atoms with Crippen molar-refractivity contribution in [2.75, 3.05) is 12.8 Å². The van der Waals surface area contributed by atoms with Crippen LogP contribution in [0, 0.1) is 0 Å². The van der Waals surface area contributed by atoms with E-state index in [1.54, 1.807) is 0 Å². The Bertz CT molecular complexity index is 134. The molecule has 1 N–H and O–H groups in total. The number of hydrogen-bond acceptors (Lipinski definition) is 2. The lowest BCUT2D eigenvalue weighted by atomic mass is 10.2. The van der Waals surface area contributed by atoms with Gasteiger partial charge in [-0.3, -0.25) is 4.21 Å². The molecule has 0 bridgehead atoms. The normalized spacial score (nSPS) is 18.7. The summed E-state index contributed by atoms with van der Waals surface area (Å²) in [6, 6.07) is 0.400. The van der Waals surface area contributed by atoms with Crippen LogP contribution in [0.1, 0.15) is 33.6 Å². The fourth-order valence-corrected chi connectivity index (χ4v) is 2.81. The van der Waals surface area contributed by atoms with Crippen LogP contribution in [-0.2, 0) is 10.8 Å². The van der Waals surface area contributed by atoms with Crippen LogP contribution in [0.5, 0.6) is 0 Å². The second kappa shape index (κ2) is 6.61. The first-order valence-corrected chi connectivity index (χ1v) is 6.09. The number of rotatable bonds is 6. The van der Waals surface area contributed by atoms with Crippen LogP contribution in [0.3, 0.4) is 0 Å². The van der Waals surface area contributed by atoms with E-state index in [1.165, 1.54) is 0 Å². The van der Waals surface area contributed by atoms with Gasteiger partial charge in [-0.25, -0.2) is 0 Å². The van der Waals surface area contributed by atoms with E-state index in [0.717, 1.165) is 18.6 Å². The zero-order valence-electron chi connectivity index (χ0n) is 8.59. The van der Waals surface area contributed by atoms with Gasteiger partial charge in [-0.2, -0.15) is 0 Å². The summed E-state index contributed by atoms with van der Waals surface area (Å²) < 4.78 is 11.6. The van der Waals surface area contributed by atoms with E-state index in [-0.39, 0.29) is 5.25 Å². The highest BCUT2D eigenvalue weighted by molar-refractivity contribution is 7.85. The smallest absolute Gasteiger partial charge is 0.0472 e. The van der Waals surface area contributed by atoms with Crippen molar-refractivity contribution in [2.24, 2.45) is 0 Å². The lowest BCUT2D eigenvalue weighted by Crippen LogP contribution is -2.38. The quantitative estimate of drug-likeness (QED) is 0.690. The molecular formula is C9H21NOS. The highest BCUT2D eigenvalue weighted by Crippen LogP contribution is 2.06. The molecule has 0 heterocycles. The molecule has 0 aromatic heterocycles. The van der Waals surface area contributed by atoms with Crippen LogP contribution < -0.4 is 5.32 Å². The predicted octanol–water partition coefficient (Wildman–Crippen LogP) is 1.53. The Balaban J connectivity index is 3.96. The first-order valence-electron chi connectivity index (χ1n) is 4.71. The molecular weight excluding hydrogens is 170 g/mol. The Morgan fingerprint density at radius 3 is 2.33 bits per heavy atom. The van der Waals surface area contributed by atoms with Gasteiger partial charge < -0.3 is 5.32 Å². The SMILES string of the molecule is CCCS(=O)C(C)C(CC)NC. The Labute approximate surface area is 78.6 Å². The van der Waals surface area contributed by atoms with Gasteiger partial charge in [0.1, 0.15) is 0 Å². The standard InChI is InChI=1S/C9H21NOS/c1-5-7-12(11)8(3)9(6-2)10-4/h8-10H,5-7H2,1-4H3. The second-order valence-corrected chi connectivity index (χ2v) is 5.01. The van der Waals surface area contributed by atoms with E-state index >= 15 is 0 Å². The average molecular weight is 191 g/mol. The Morgan fingerprint density at radius 2 is 2.00 bits per heavy atom. The van der Waals surface area contributed by atoms with Gasteiger partial charge in [0.25, 0.3) is 0 Å².